The van der Waals surface area contributed by atoms with Crippen molar-refractivity contribution in [2.24, 2.45) is 5.73 Å². The number of hydrogen-bond donors (Lipinski definition) is 4. The highest BCUT2D eigenvalue weighted by Crippen LogP contribution is 2.22. The lowest BCUT2D eigenvalue weighted by Gasteiger charge is -2.29. The molecule has 0 fully saturated rings. The van der Waals surface area contributed by atoms with Crippen molar-refractivity contribution >= 4 is 63.0 Å². The van der Waals surface area contributed by atoms with Crippen molar-refractivity contribution in [2.75, 3.05) is 5.32 Å². The molecular weight excluding hydrogens is 582 g/mol. The van der Waals surface area contributed by atoms with Crippen molar-refractivity contribution in [3.8, 4) is 0 Å². The van der Waals surface area contributed by atoms with E-state index < -0.39 is 5.91 Å². The molecule has 2 rings (SSSR count). The molecule has 6 nitrogen and oxygen atoms in total. The molecule has 2 aromatic rings. The number of hydrogen-bond acceptors (Lipinski definition) is 5. The summed E-state index contributed by atoms with van der Waals surface area (Å²) < 4.78 is 2.15. The molecule has 0 spiro atoms. The predicted molar refractivity (Wildman–Crippen MR) is 129 cm³/mol. The summed E-state index contributed by atoms with van der Waals surface area (Å²) in [6.45, 7) is 4.16. The van der Waals surface area contributed by atoms with Gasteiger partial charge in [-0.2, -0.15) is 0 Å². The third-order valence-electron chi connectivity index (χ3n) is 4.08. The fourth-order valence-corrected chi connectivity index (χ4v) is 4.00. The predicted octanol–water partition coefficient (Wildman–Crippen LogP) is 3.96. The highest BCUT2D eigenvalue weighted by molar-refractivity contribution is 14.1. The zero-order valence-electron chi connectivity index (χ0n) is 15.7. The second kappa shape index (κ2) is 10.5. The van der Waals surface area contributed by atoms with Crippen molar-refractivity contribution in [1.82, 2.24) is 10.5 Å². The Morgan fingerprint density at radius 2 is 2.04 bits per heavy atom. The van der Waals surface area contributed by atoms with E-state index in [4.69, 9.17) is 10.9 Å². The van der Waals surface area contributed by atoms with Gasteiger partial charge >= 0.3 is 0 Å². The number of amides is 1. The van der Waals surface area contributed by atoms with E-state index in [1.165, 1.54) is 15.2 Å². The summed E-state index contributed by atoms with van der Waals surface area (Å²) in [5.41, 5.74) is 9.77. The van der Waals surface area contributed by atoms with E-state index in [2.05, 4.69) is 93.6 Å². The summed E-state index contributed by atoms with van der Waals surface area (Å²) >= 11 is 4.50. The van der Waals surface area contributed by atoms with Crippen LogP contribution in [0, 0.1) is 7.14 Å². The molecule has 2 atom stereocenters. The number of carbonyl (C=O) groups is 1. The van der Waals surface area contributed by atoms with Crippen molar-refractivity contribution in [3.05, 3.63) is 60.9 Å². The largest absolute Gasteiger partial charge is 0.367 e. The maximum atomic E-state index is 11.1. The van der Waals surface area contributed by atoms with E-state index in [9.17, 15) is 4.79 Å². The number of aromatic nitrogens is 1. The van der Waals surface area contributed by atoms with Crippen LogP contribution < -0.4 is 16.5 Å². The minimum Gasteiger partial charge on any atom is -0.367 e. The van der Waals surface area contributed by atoms with Crippen LogP contribution in [0.5, 0.6) is 0 Å². The Morgan fingerprint density at radius 1 is 1.36 bits per heavy atom. The second-order valence-corrected chi connectivity index (χ2v) is 9.52. The second-order valence-electron chi connectivity index (χ2n) is 7.12. The number of hydroxylamine groups is 1. The SMILES string of the molecule is C[C@H](CC(C)(N)Cc1ccc(I)cc1)Nc1ncc(/C=C/C(=O)NO)cc1I. The van der Waals surface area contributed by atoms with Gasteiger partial charge in [0.25, 0.3) is 5.91 Å². The minimum atomic E-state index is -0.582. The Balaban J connectivity index is 1.97. The molecule has 0 bridgehead atoms. The van der Waals surface area contributed by atoms with Crippen LogP contribution >= 0.6 is 45.2 Å². The summed E-state index contributed by atoms with van der Waals surface area (Å²) in [6, 6.07) is 10.5. The minimum absolute atomic E-state index is 0.140. The van der Waals surface area contributed by atoms with E-state index in [1.54, 1.807) is 17.8 Å². The molecule has 0 saturated carbocycles. The highest BCUT2D eigenvalue weighted by atomic mass is 127. The fourth-order valence-electron chi connectivity index (χ4n) is 2.98. The normalized spacial score (nSPS) is 14.5. The molecule has 0 aliphatic heterocycles. The van der Waals surface area contributed by atoms with E-state index in [1.807, 2.05) is 6.07 Å². The van der Waals surface area contributed by atoms with E-state index in [0.29, 0.717) is 0 Å². The van der Waals surface area contributed by atoms with Crippen molar-refractivity contribution in [1.29, 1.82) is 0 Å². The molecule has 5 N–H and O–H groups in total. The maximum Gasteiger partial charge on any atom is 0.267 e. The standard InChI is InChI=1S/C20H24I2N4O2/c1-13(10-20(2,23)11-14-3-6-16(21)7-4-14)25-19-17(22)9-15(12-24-19)5-8-18(27)26-28/h3-9,12-13,28H,10-11,23H2,1-2H3,(H,24,25)(H,26,27)/b8-5+/t13-,20?/m1/s1. The highest BCUT2D eigenvalue weighted by Gasteiger charge is 2.23. The number of halogens is 2. The smallest absolute Gasteiger partial charge is 0.267 e. The molecule has 1 aromatic carbocycles. The molecular formula is C20H24I2N4O2. The number of nitrogens with zero attached hydrogens (tertiary/aromatic N) is 1. The van der Waals surface area contributed by atoms with Gasteiger partial charge in [-0.15, -0.1) is 0 Å². The van der Waals surface area contributed by atoms with Crippen LogP contribution in [0.15, 0.2) is 42.6 Å². The molecule has 1 amide bonds. The van der Waals surface area contributed by atoms with Crippen LogP contribution in [0.3, 0.4) is 0 Å². The summed E-state index contributed by atoms with van der Waals surface area (Å²) in [5.74, 6) is 0.197. The van der Waals surface area contributed by atoms with Gasteiger partial charge in [0.05, 0.1) is 3.57 Å². The van der Waals surface area contributed by atoms with Gasteiger partial charge in [-0.1, -0.05) is 12.1 Å². The third kappa shape index (κ3) is 7.64. The number of anilines is 1. The molecule has 1 heterocycles. The first kappa shape index (κ1) is 23.0. The lowest BCUT2D eigenvalue weighted by molar-refractivity contribution is -0.124. The van der Waals surface area contributed by atoms with Crippen LogP contribution in [-0.2, 0) is 11.2 Å². The van der Waals surface area contributed by atoms with E-state index in [-0.39, 0.29) is 11.6 Å². The average molecular weight is 606 g/mol. The van der Waals surface area contributed by atoms with Gasteiger partial charge in [-0.05, 0) is 107 Å². The van der Waals surface area contributed by atoms with Crippen molar-refractivity contribution in [2.45, 2.75) is 38.3 Å². The van der Waals surface area contributed by atoms with Gasteiger partial charge in [-0.3, -0.25) is 10.0 Å². The van der Waals surface area contributed by atoms with E-state index >= 15 is 0 Å². The fraction of sp³-hybridized carbons (Fsp3) is 0.300. The van der Waals surface area contributed by atoms with Gasteiger partial charge in [-0.25, -0.2) is 10.5 Å². The number of nitrogens with two attached hydrogens (primary N) is 1. The monoisotopic (exact) mass is 606 g/mol. The quantitative estimate of drug-likeness (QED) is 0.158. The first-order chi connectivity index (χ1) is 13.2. The maximum absolute atomic E-state index is 11.1. The van der Waals surface area contributed by atoms with Crippen LogP contribution in [0.1, 0.15) is 31.4 Å². The number of carbonyl (C=O) groups excluding carboxylic acids is 1. The molecule has 1 aromatic heterocycles. The molecule has 0 saturated heterocycles. The first-order valence-electron chi connectivity index (χ1n) is 8.76. The Hall–Kier alpha value is -1.24. The van der Waals surface area contributed by atoms with Crippen LogP contribution in [-0.4, -0.2) is 27.7 Å². The van der Waals surface area contributed by atoms with Crippen LogP contribution in [0.4, 0.5) is 5.82 Å². The molecule has 0 radical (unpaired) electrons. The Bertz CT molecular complexity index is 839. The Kier molecular flexibility index (Phi) is 8.65. The topological polar surface area (TPSA) is 100 Å². The Labute approximate surface area is 192 Å². The lowest BCUT2D eigenvalue weighted by Crippen LogP contribution is -2.43. The molecule has 28 heavy (non-hydrogen) atoms. The molecule has 0 aliphatic carbocycles. The van der Waals surface area contributed by atoms with Crippen LogP contribution in [0.25, 0.3) is 6.08 Å². The number of benzene rings is 1. The molecule has 0 aliphatic rings. The summed E-state index contributed by atoms with van der Waals surface area (Å²) in [6.07, 6.45) is 6.09. The summed E-state index contributed by atoms with van der Waals surface area (Å²) in [4.78, 5) is 15.5. The number of nitrogens with one attached hydrogen (secondary N) is 2. The first-order valence-corrected chi connectivity index (χ1v) is 10.9. The van der Waals surface area contributed by atoms with E-state index in [0.717, 1.165) is 27.8 Å². The van der Waals surface area contributed by atoms with Gasteiger partial charge in [0, 0.05) is 27.4 Å². The summed E-state index contributed by atoms with van der Waals surface area (Å²) in [5, 5.41) is 11.9. The van der Waals surface area contributed by atoms with Gasteiger partial charge in [0.15, 0.2) is 0 Å². The third-order valence-corrected chi connectivity index (χ3v) is 5.62. The summed E-state index contributed by atoms with van der Waals surface area (Å²) in [7, 11) is 0. The van der Waals surface area contributed by atoms with Gasteiger partial charge < -0.3 is 11.1 Å². The average Bonchev–Trinajstić information content (AvgIpc) is 2.63. The van der Waals surface area contributed by atoms with Crippen molar-refractivity contribution in [3.63, 3.8) is 0 Å². The molecule has 1 unspecified atom stereocenters. The number of pyridine rings is 1. The zero-order chi connectivity index (χ0) is 20.7. The van der Waals surface area contributed by atoms with Crippen molar-refractivity contribution < 1.29 is 10.0 Å². The van der Waals surface area contributed by atoms with Gasteiger partial charge in [0.2, 0.25) is 0 Å². The molecule has 150 valence electrons. The number of rotatable bonds is 8. The Morgan fingerprint density at radius 3 is 2.64 bits per heavy atom. The van der Waals surface area contributed by atoms with Gasteiger partial charge in [0.1, 0.15) is 5.82 Å². The lowest BCUT2D eigenvalue weighted by atomic mass is 9.88. The van der Waals surface area contributed by atoms with Crippen LogP contribution in [0.2, 0.25) is 0 Å². The zero-order valence-corrected chi connectivity index (χ0v) is 20.1. The molecule has 8 heteroatoms.